The van der Waals surface area contributed by atoms with E-state index in [4.69, 9.17) is 0 Å². The van der Waals surface area contributed by atoms with Crippen LogP contribution in [0.25, 0.3) is 0 Å². The summed E-state index contributed by atoms with van der Waals surface area (Å²) in [6.45, 7) is 5.99. The maximum Gasteiger partial charge on any atom is 0.222 e. The normalized spacial score (nSPS) is 20.4. The van der Waals surface area contributed by atoms with Crippen LogP contribution in [0.15, 0.2) is 24.3 Å². The molecule has 0 bridgehead atoms. The summed E-state index contributed by atoms with van der Waals surface area (Å²) in [7, 11) is 1.97. The van der Waals surface area contributed by atoms with E-state index < -0.39 is 0 Å². The molecule has 1 fully saturated rings. The number of benzene rings is 1. The highest BCUT2D eigenvalue weighted by molar-refractivity contribution is 5.78. The van der Waals surface area contributed by atoms with Crippen molar-refractivity contribution in [3.8, 4) is 0 Å². The number of hydrogen-bond acceptors (Lipinski definition) is 2. The number of likely N-dealkylation sites (N-methyl/N-ethyl adjacent to an activating group) is 1. The van der Waals surface area contributed by atoms with Crippen LogP contribution in [-0.4, -0.2) is 30.9 Å². The number of aryl methyl sites for hydroxylation is 1. The van der Waals surface area contributed by atoms with Crippen molar-refractivity contribution < 1.29 is 4.79 Å². The van der Waals surface area contributed by atoms with E-state index in [2.05, 4.69) is 43.4 Å². The molecule has 0 radical (unpaired) electrons. The third-order valence-corrected chi connectivity index (χ3v) is 4.22. The molecule has 2 unspecified atom stereocenters. The average Bonchev–Trinajstić information content (AvgIpc) is 2.78. The van der Waals surface area contributed by atoms with Crippen LogP contribution in [0.3, 0.4) is 0 Å². The van der Waals surface area contributed by atoms with Gasteiger partial charge in [0.2, 0.25) is 5.91 Å². The third kappa shape index (κ3) is 3.60. The lowest BCUT2D eigenvalue weighted by atomic mass is 10.0. The number of nitrogens with zero attached hydrogens (tertiary/aromatic N) is 1. The summed E-state index contributed by atoms with van der Waals surface area (Å²) in [5, 5.41) is 3.34. The van der Waals surface area contributed by atoms with Crippen LogP contribution in [0.2, 0.25) is 0 Å². The van der Waals surface area contributed by atoms with Gasteiger partial charge in [0, 0.05) is 25.6 Å². The Kier molecular flexibility index (Phi) is 5.18. The number of amides is 1. The predicted molar refractivity (Wildman–Crippen MR) is 82.6 cm³/mol. The van der Waals surface area contributed by atoms with Gasteiger partial charge in [-0.3, -0.25) is 4.79 Å². The van der Waals surface area contributed by atoms with Crippen molar-refractivity contribution in [2.45, 2.75) is 39.2 Å². The maximum atomic E-state index is 12.1. The third-order valence-electron chi connectivity index (χ3n) is 4.22. The molecule has 1 N–H and O–H groups in total. The molecule has 1 saturated heterocycles. The Morgan fingerprint density at radius 1 is 1.35 bits per heavy atom. The second-order valence-electron chi connectivity index (χ2n) is 5.91. The van der Waals surface area contributed by atoms with Crippen LogP contribution >= 0.6 is 0 Å². The first-order chi connectivity index (χ1) is 9.63. The van der Waals surface area contributed by atoms with Gasteiger partial charge in [0.1, 0.15) is 0 Å². The molecule has 3 heteroatoms. The molecule has 0 aliphatic carbocycles. The first-order valence-corrected chi connectivity index (χ1v) is 7.65. The van der Waals surface area contributed by atoms with Gasteiger partial charge in [-0.15, -0.1) is 0 Å². The molecule has 2 atom stereocenters. The number of rotatable bonds is 6. The van der Waals surface area contributed by atoms with Gasteiger partial charge >= 0.3 is 0 Å². The fourth-order valence-electron chi connectivity index (χ4n) is 3.01. The number of likely N-dealkylation sites (tertiary alicyclic amines) is 1. The van der Waals surface area contributed by atoms with Crippen LogP contribution in [0, 0.1) is 12.8 Å². The summed E-state index contributed by atoms with van der Waals surface area (Å²) in [5.41, 5.74) is 2.52. The van der Waals surface area contributed by atoms with Gasteiger partial charge in [-0.2, -0.15) is 0 Å². The van der Waals surface area contributed by atoms with Gasteiger partial charge in [0.15, 0.2) is 0 Å². The zero-order valence-electron chi connectivity index (χ0n) is 12.9. The van der Waals surface area contributed by atoms with Gasteiger partial charge in [-0.25, -0.2) is 0 Å². The fraction of sp³-hybridized carbons (Fsp3) is 0.588. The molecule has 1 aromatic rings. The minimum absolute atomic E-state index is 0.222. The molecule has 3 nitrogen and oxygen atoms in total. The molecular formula is C17H26N2O. The summed E-state index contributed by atoms with van der Waals surface area (Å²) in [6, 6.07) is 8.79. The standard InChI is InChI=1S/C17H26N2O/c1-4-5-14-10-17(20)19(11-14)12-16(18-3)15-8-6-13(2)7-9-15/h6-9,14,16,18H,4-5,10-12H2,1-3H3. The van der Waals surface area contributed by atoms with Crippen LogP contribution < -0.4 is 5.32 Å². The van der Waals surface area contributed by atoms with Gasteiger partial charge in [0.25, 0.3) is 0 Å². The van der Waals surface area contributed by atoms with Gasteiger partial charge < -0.3 is 10.2 Å². The molecule has 1 amide bonds. The zero-order chi connectivity index (χ0) is 14.5. The monoisotopic (exact) mass is 274 g/mol. The summed E-state index contributed by atoms with van der Waals surface area (Å²) < 4.78 is 0. The van der Waals surface area contributed by atoms with Crippen molar-refractivity contribution in [3.63, 3.8) is 0 Å². The van der Waals surface area contributed by atoms with E-state index in [9.17, 15) is 4.79 Å². The van der Waals surface area contributed by atoms with Crippen molar-refractivity contribution in [1.82, 2.24) is 10.2 Å². The minimum Gasteiger partial charge on any atom is -0.340 e. The molecule has 2 rings (SSSR count). The molecule has 1 aliphatic rings. The number of carbonyl (C=O) groups excluding carboxylic acids is 1. The zero-order valence-corrected chi connectivity index (χ0v) is 12.9. The topological polar surface area (TPSA) is 32.3 Å². The van der Waals surface area contributed by atoms with E-state index in [-0.39, 0.29) is 6.04 Å². The molecular weight excluding hydrogens is 248 g/mol. The van der Waals surface area contributed by atoms with Gasteiger partial charge in [0.05, 0.1) is 0 Å². The Hall–Kier alpha value is -1.35. The van der Waals surface area contributed by atoms with Crippen LogP contribution in [-0.2, 0) is 4.79 Å². The molecule has 1 aromatic carbocycles. The second-order valence-corrected chi connectivity index (χ2v) is 5.91. The summed E-state index contributed by atoms with van der Waals surface area (Å²) in [6.07, 6.45) is 3.06. The van der Waals surface area contributed by atoms with Crippen LogP contribution in [0.4, 0.5) is 0 Å². The largest absolute Gasteiger partial charge is 0.340 e. The number of hydrogen-bond donors (Lipinski definition) is 1. The smallest absolute Gasteiger partial charge is 0.222 e. The van der Waals surface area contributed by atoms with Crippen molar-refractivity contribution in [2.24, 2.45) is 5.92 Å². The quantitative estimate of drug-likeness (QED) is 0.865. The molecule has 0 aromatic heterocycles. The Bertz CT molecular complexity index is 441. The lowest BCUT2D eigenvalue weighted by Crippen LogP contribution is -2.35. The van der Waals surface area contributed by atoms with Crippen molar-refractivity contribution in [1.29, 1.82) is 0 Å². The predicted octanol–water partition coefficient (Wildman–Crippen LogP) is 2.90. The molecule has 110 valence electrons. The highest BCUT2D eigenvalue weighted by Crippen LogP contribution is 2.24. The Morgan fingerprint density at radius 2 is 2.05 bits per heavy atom. The summed E-state index contributed by atoms with van der Waals surface area (Å²) >= 11 is 0. The van der Waals surface area contributed by atoms with Gasteiger partial charge in [-0.1, -0.05) is 43.2 Å². The molecule has 1 heterocycles. The van der Waals surface area contributed by atoms with E-state index >= 15 is 0 Å². The van der Waals surface area contributed by atoms with Crippen molar-refractivity contribution >= 4 is 5.91 Å². The van der Waals surface area contributed by atoms with E-state index in [1.54, 1.807) is 0 Å². The Labute approximate surface area is 122 Å². The fourth-order valence-corrected chi connectivity index (χ4v) is 3.01. The average molecular weight is 274 g/mol. The maximum absolute atomic E-state index is 12.1. The summed E-state index contributed by atoms with van der Waals surface area (Å²) in [5.74, 6) is 0.874. The second kappa shape index (κ2) is 6.89. The minimum atomic E-state index is 0.222. The highest BCUT2D eigenvalue weighted by atomic mass is 16.2. The molecule has 1 aliphatic heterocycles. The Morgan fingerprint density at radius 3 is 2.65 bits per heavy atom. The molecule has 0 saturated carbocycles. The van der Waals surface area contributed by atoms with E-state index in [0.29, 0.717) is 11.8 Å². The van der Waals surface area contributed by atoms with Gasteiger partial charge in [-0.05, 0) is 31.9 Å². The lowest BCUT2D eigenvalue weighted by molar-refractivity contribution is -0.128. The first kappa shape index (κ1) is 15.0. The lowest BCUT2D eigenvalue weighted by Gasteiger charge is -2.24. The van der Waals surface area contributed by atoms with Crippen molar-refractivity contribution in [3.05, 3.63) is 35.4 Å². The highest BCUT2D eigenvalue weighted by Gasteiger charge is 2.30. The van der Waals surface area contributed by atoms with E-state index in [1.807, 2.05) is 11.9 Å². The molecule has 0 spiro atoms. The van der Waals surface area contributed by atoms with E-state index in [1.165, 1.54) is 17.5 Å². The SMILES string of the molecule is CCCC1CC(=O)N(CC(NC)c2ccc(C)cc2)C1. The van der Waals surface area contributed by atoms with Crippen LogP contribution in [0.1, 0.15) is 43.4 Å². The molecule has 20 heavy (non-hydrogen) atoms. The van der Waals surface area contributed by atoms with Crippen LogP contribution in [0.5, 0.6) is 0 Å². The number of nitrogens with one attached hydrogen (secondary N) is 1. The number of carbonyl (C=O) groups is 1. The van der Waals surface area contributed by atoms with E-state index in [0.717, 1.165) is 25.9 Å². The first-order valence-electron chi connectivity index (χ1n) is 7.65. The Balaban J connectivity index is 2.00. The summed E-state index contributed by atoms with van der Waals surface area (Å²) in [4.78, 5) is 14.1. The van der Waals surface area contributed by atoms with Crippen molar-refractivity contribution in [2.75, 3.05) is 20.1 Å².